The molecule has 0 spiro atoms. The number of rotatable bonds is 8. The molecule has 7 nitrogen and oxygen atoms in total. The largest absolute Gasteiger partial charge is 0.481 e. The first kappa shape index (κ1) is 19.4. The molecule has 1 aliphatic rings. The van der Waals surface area contributed by atoms with Crippen LogP contribution in [0.15, 0.2) is 48.5 Å². The van der Waals surface area contributed by atoms with Crippen LogP contribution in [-0.2, 0) is 14.3 Å². The Bertz CT molecular complexity index is 850. The number of fused-ring (bicyclic) bond motifs is 3. The lowest BCUT2D eigenvalue weighted by atomic mass is 9.98. The highest BCUT2D eigenvalue weighted by Gasteiger charge is 2.29. The third kappa shape index (κ3) is 4.49. The number of ether oxygens (including phenoxy) is 1. The third-order valence-electron chi connectivity index (χ3n) is 4.83. The van der Waals surface area contributed by atoms with Crippen LogP contribution in [0.25, 0.3) is 11.1 Å². The van der Waals surface area contributed by atoms with E-state index in [4.69, 9.17) is 15.6 Å². The minimum atomic E-state index is -1.08. The number of carboxylic acids is 1. The molecule has 0 saturated heterocycles. The van der Waals surface area contributed by atoms with E-state index in [9.17, 15) is 14.4 Å². The SMILES string of the molecule is NC(=O)CC[C@H](CC(=O)O)NC(=O)OCC1c2ccccc2-c2ccccc21. The first-order chi connectivity index (χ1) is 13.5. The van der Waals surface area contributed by atoms with Gasteiger partial charge in [-0.3, -0.25) is 9.59 Å². The Morgan fingerprint density at radius 2 is 1.61 bits per heavy atom. The number of hydrogen-bond donors (Lipinski definition) is 3. The molecule has 146 valence electrons. The highest BCUT2D eigenvalue weighted by atomic mass is 16.5. The number of benzene rings is 2. The molecule has 0 bridgehead atoms. The second-order valence-electron chi connectivity index (χ2n) is 6.77. The van der Waals surface area contributed by atoms with Crippen molar-refractivity contribution in [3.63, 3.8) is 0 Å². The van der Waals surface area contributed by atoms with Crippen molar-refractivity contribution < 1.29 is 24.2 Å². The number of carbonyl (C=O) groups excluding carboxylic acids is 2. The molecule has 0 saturated carbocycles. The van der Waals surface area contributed by atoms with Gasteiger partial charge in [-0.05, 0) is 28.7 Å². The molecule has 4 N–H and O–H groups in total. The summed E-state index contributed by atoms with van der Waals surface area (Å²) in [5.41, 5.74) is 9.53. The van der Waals surface area contributed by atoms with Crippen molar-refractivity contribution >= 4 is 18.0 Å². The molecular weight excluding hydrogens is 360 g/mol. The number of carboxylic acid groups (broad SMARTS) is 1. The zero-order valence-electron chi connectivity index (χ0n) is 15.3. The Morgan fingerprint density at radius 1 is 1.04 bits per heavy atom. The van der Waals surface area contributed by atoms with Gasteiger partial charge in [-0.2, -0.15) is 0 Å². The number of amides is 2. The van der Waals surface area contributed by atoms with Crippen LogP contribution in [-0.4, -0.2) is 35.7 Å². The fourth-order valence-electron chi connectivity index (χ4n) is 3.56. The van der Waals surface area contributed by atoms with Crippen molar-refractivity contribution in [2.75, 3.05) is 6.61 Å². The summed E-state index contributed by atoms with van der Waals surface area (Å²) in [5.74, 6) is -1.71. The van der Waals surface area contributed by atoms with Crippen LogP contribution in [0.4, 0.5) is 4.79 Å². The summed E-state index contributed by atoms with van der Waals surface area (Å²) < 4.78 is 5.40. The summed E-state index contributed by atoms with van der Waals surface area (Å²) >= 11 is 0. The molecule has 0 unspecified atom stereocenters. The van der Waals surface area contributed by atoms with Gasteiger partial charge in [0.15, 0.2) is 0 Å². The molecule has 0 aromatic heterocycles. The Labute approximate surface area is 162 Å². The van der Waals surface area contributed by atoms with E-state index in [2.05, 4.69) is 5.32 Å². The van der Waals surface area contributed by atoms with E-state index in [0.717, 1.165) is 22.3 Å². The third-order valence-corrected chi connectivity index (χ3v) is 4.83. The molecule has 1 aliphatic carbocycles. The van der Waals surface area contributed by atoms with Crippen molar-refractivity contribution in [3.05, 3.63) is 59.7 Å². The molecule has 2 aromatic rings. The summed E-state index contributed by atoms with van der Waals surface area (Å²) in [6, 6.07) is 15.2. The lowest BCUT2D eigenvalue weighted by molar-refractivity contribution is -0.137. The molecule has 28 heavy (non-hydrogen) atoms. The van der Waals surface area contributed by atoms with Gasteiger partial charge >= 0.3 is 12.1 Å². The molecule has 2 aromatic carbocycles. The van der Waals surface area contributed by atoms with Gasteiger partial charge in [-0.15, -0.1) is 0 Å². The fourth-order valence-corrected chi connectivity index (χ4v) is 3.56. The van der Waals surface area contributed by atoms with E-state index in [-0.39, 0.29) is 31.8 Å². The summed E-state index contributed by atoms with van der Waals surface area (Å²) in [4.78, 5) is 34.1. The predicted octanol–water partition coefficient (Wildman–Crippen LogP) is 2.63. The van der Waals surface area contributed by atoms with E-state index < -0.39 is 24.0 Å². The van der Waals surface area contributed by atoms with Crippen LogP contribution in [0, 0.1) is 0 Å². The number of nitrogens with one attached hydrogen (secondary N) is 1. The first-order valence-electron chi connectivity index (χ1n) is 9.07. The zero-order valence-corrected chi connectivity index (χ0v) is 15.3. The zero-order chi connectivity index (χ0) is 20.1. The summed E-state index contributed by atoms with van der Waals surface area (Å²) in [6.45, 7) is 0.134. The van der Waals surface area contributed by atoms with Crippen LogP contribution >= 0.6 is 0 Å². The van der Waals surface area contributed by atoms with E-state index in [0.29, 0.717) is 0 Å². The molecule has 7 heteroatoms. The van der Waals surface area contributed by atoms with Gasteiger partial charge in [-0.1, -0.05) is 48.5 Å². The maximum Gasteiger partial charge on any atom is 0.407 e. The second kappa shape index (κ2) is 8.56. The minimum Gasteiger partial charge on any atom is -0.481 e. The molecule has 1 atom stereocenters. The average Bonchev–Trinajstić information content (AvgIpc) is 2.98. The lowest BCUT2D eigenvalue weighted by Gasteiger charge is -2.18. The van der Waals surface area contributed by atoms with E-state index in [1.54, 1.807) is 0 Å². The van der Waals surface area contributed by atoms with Crippen molar-refractivity contribution in [1.29, 1.82) is 0 Å². The van der Waals surface area contributed by atoms with Gasteiger partial charge in [0, 0.05) is 18.4 Å². The van der Waals surface area contributed by atoms with Crippen LogP contribution < -0.4 is 11.1 Å². The van der Waals surface area contributed by atoms with Crippen molar-refractivity contribution in [2.24, 2.45) is 5.73 Å². The molecule has 0 aliphatic heterocycles. The first-order valence-corrected chi connectivity index (χ1v) is 9.07. The van der Waals surface area contributed by atoms with Crippen LogP contribution in [0.1, 0.15) is 36.3 Å². The maximum atomic E-state index is 12.2. The topological polar surface area (TPSA) is 119 Å². The molecule has 0 heterocycles. The van der Waals surface area contributed by atoms with Gasteiger partial charge in [0.1, 0.15) is 6.61 Å². The molecule has 3 rings (SSSR count). The second-order valence-corrected chi connectivity index (χ2v) is 6.77. The van der Waals surface area contributed by atoms with Gasteiger partial charge in [-0.25, -0.2) is 4.79 Å². The standard InChI is InChI=1S/C21H22N2O5/c22-19(24)10-9-13(11-20(25)26)23-21(27)28-12-18-16-7-3-1-5-14(16)15-6-2-4-8-17(15)18/h1-8,13,18H,9-12H2,(H2,22,24)(H,23,27)(H,25,26)/t13-/m1/s1. The lowest BCUT2D eigenvalue weighted by Crippen LogP contribution is -2.38. The number of aliphatic carboxylic acids is 1. The smallest absolute Gasteiger partial charge is 0.407 e. The molecule has 0 radical (unpaired) electrons. The molecule has 0 fully saturated rings. The maximum absolute atomic E-state index is 12.2. The Balaban J connectivity index is 1.65. The Hall–Kier alpha value is -3.35. The number of nitrogens with two attached hydrogens (primary N) is 1. The number of carbonyl (C=O) groups is 3. The van der Waals surface area contributed by atoms with Crippen molar-refractivity contribution in [1.82, 2.24) is 5.32 Å². The summed E-state index contributed by atoms with van der Waals surface area (Å²) in [5, 5.41) is 11.5. The summed E-state index contributed by atoms with van der Waals surface area (Å²) in [6.07, 6.45) is -0.886. The minimum absolute atomic E-state index is 0.0123. The van der Waals surface area contributed by atoms with Crippen LogP contribution in [0.2, 0.25) is 0 Å². The molecule has 2 amide bonds. The summed E-state index contributed by atoms with van der Waals surface area (Å²) in [7, 11) is 0. The molecular formula is C21H22N2O5. The van der Waals surface area contributed by atoms with Gasteiger partial charge in [0.2, 0.25) is 5.91 Å². The predicted molar refractivity (Wildman–Crippen MR) is 103 cm³/mol. The number of primary amides is 1. The quantitative estimate of drug-likeness (QED) is 0.648. The highest BCUT2D eigenvalue weighted by molar-refractivity contribution is 5.79. The van der Waals surface area contributed by atoms with Crippen LogP contribution in [0.5, 0.6) is 0 Å². The van der Waals surface area contributed by atoms with Gasteiger partial charge < -0.3 is 20.9 Å². The number of alkyl carbamates (subject to hydrolysis) is 1. The van der Waals surface area contributed by atoms with Crippen molar-refractivity contribution in [3.8, 4) is 11.1 Å². The average molecular weight is 382 g/mol. The highest BCUT2D eigenvalue weighted by Crippen LogP contribution is 2.44. The Kier molecular flexibility index (Phi) is 5.93. The van der Waals surface area contributed by atoms with E-state index in [1.165, 1.54) is 0 Å². The van der Waals surface area contributed by atoms with E-state index >= 15 is 0 Å². The normalized spacial score (nSPS) is 13.3. The van der Waals surface area contributed by atoms with E-state index in [1.807, 2.05) is 48.5 Å². The van der Waals surface area contributed by atoms with Crippen LogP contribution in [0.3, 0.4) is 0 Å². The monoisotopic (exact) mass is 382 g/mol. The van der Waals surface area contributed by atoms with Gasteiger partial charge in [0.25, 0.3) is 0 Å². The number of hydrogen-bond acceptors (Lipinski definition) is 4. The fraction of sp³-hybridized carbons (Fsp3) is 0.286. The van der Waals surface area contributed by atoms with Crippen molar-refractivity contribution in [2.45, 2.75) is 31.2 Å². The Morgan fingerprint density at radius 3 is 2.14 bits per heavy atom. The van der Waals surface area contributed by atoms with Gasteiger partial charge in [0.05, 0.1) is 6.42 Å².